The maximum atomic E-state index is 11.4. The lowest BCUT2D eigenvalue weighted by atomic mass is 10.1. The summed E-state index contributed by atoms with van der Waals surface area (Å²) in [5.74, 6) is -0.248. The summed E-state index contributed by atoms with van der Waals surface area (Å²) in [6, 6.07) is 7.61. The number of hydrogen-bond acceptors (Lipinski definition) is 3. The molecule has 3 nitrogen and oxygen atoms in total. The average molecular weight is 221 g/mol. The third-order valence-electron chi connectivity index (χ3n) is 2.31. The third kappa shape index (κ3) is 4.03. The molecule has 0 unspecified atom stereocenters. The Bertz CT molecular complexity index is 330. The molecule has 1 rings (SSSR count). The van der Waals surface area contributed by atoms with Gasteiger partial charge in [-0.25, -0.2) is 4.79 Å². The van der Waals surface area contributed by atoms with E-state index in [1.165, 1.54) is 5.56 Å². The fourth-order valence-corrected chi connectivity index (χ4v) is 1.37. The second kappa shape index (κ2) is 6.28. The van der Waals surface area contributed by atoms with Crippen molar-refractivity contribution in [3.63, 3.8) is 0 Å². The van der Waals surface area contributed by atoms with E-state index in [9.17, 15) is 4.79 Å². The van der Waals surface area contributed by atoms with Crippen molar-refractivity contribution in [3.8, 4) is 0 Å². The van der Waals surface area contributed by atoms with Crippen LogP contribution in [0, 0.1) is 0 Å². The van der Waals surface area contributed by atoms with Gasteiger partial charge in [0.05, 0.1) is 12.2 Å². The van der Waals surface area contributed by atoms with Crippen molar-refractivity contribution >= 4 is 5.97 Å². The van der Waals surface area contributed by atoms with E-state index in [2.05, 4.69) is 4.90 Å². The zero-order valence-corrected chi connectivity index (χ0v) is 10.2. The number of hydrogen-bond donors (Lipinski definition) is 0. The van der Waals surface area contributed by atoms with Crippen LogP contribution in [0.1, 0.15) is 22.8 Å². The molecule has 1 aromatic rings. The van der Waals surface area contributed by atoms with Gasteiger partial charge in [-0.1, -0.05) is 12.1 Å². The summed E-state index contributed by atoms with van der Waals surface area (Å²) in [5, 5.41) is 0. The van der Waals surface area contributed by atoms with Gasteiger partial charge in [-0.2, -0.15) is 0 Å². The molecule has 1 aromatic carbocycles. The molecule has 0 fully saturated rings. The van der Waals surface area contributed by atoms with Gasteiger partial charge in [0.1, 0.15) is 0 Å². The number of esters is 1. The van der Waals surface area contributed by atoms with Gasteiger partial charge in [-0.3, -0.25) is 0 Å². The lowest BCUT2D eigenvalue weighted by Crippen LogP contribution is -2.15. The van der Waals surface area contributed by atoms with Crippen LogP contribution in [0.3, 0.4) is 0 Å². The van der Waals surface area contributed by atoms with Crippen LogP contribution in [-0.4, -0.2) is 38.1 Å². The van der Waals surface area contributed by atoms with E-state index in [4.69, 9.17) is 4.74 Å². The number of rotatable bonds is 5. The zero-order chi connectivity index (χ0) is 12.0. The Balaban J connectivity index is 2.57. The van der Waals surface area contributed by atoms with Crippen LogP contribution in [0.5, 0.6) is 0 Å². The number of ether oxygens (including phenoxy) is 1. The molecule has 0 aliphatic carbocycles. The Morgan fingerprint density at radius 1 is 1.25 bits per heavy atom. The van der Waals surface area contributed by atoms with Crippen molar-refractivity contribution < 1.29 is 9.53 Å². The highest BCUT2D eigenvalue weighted by atomic mass is 16.5. The average Bonchev–Trinajstić information content (AvgIpc) is 2.27. The Labute approximate surface area is 97.0 Å². The quantitative estimate of drug-likeness (QED) is 0.712. The fourth-order valence-electron chi connectivity index (χ4n) is 1.37. The summed E-state index contributed by atoms with van der Waals surface area (Å²) < 4.78 is 4.92. The van der Waals surface area contributed by atoms with Gasteiger partial charge in [0.15, 0.2) is 0 Å². The molecule has 0 saturated carbocycles. The van der Waals surface area contributed by atoms with E-state index < -0.39 is 0 Å². The van der Waals surface area contributed by atoms with Crippen LogP contribution in [0.4, 0.5) is 0 Å². The Morgan fingerprint density at radius 2 is 1.88 bits per heavy atom. The molecule has 0 amide bonds. The van der Waals surface area contributed by atoms with Gasteiger partial charge in [-0.15, -0.1) is 0 Å². The summed E-state index contributed by atoms with van der Waals surface area (Å²) in [6.45, 7) is 3.24. The number of likely N-dealkylation sites (N-methyl/N-ethyl adjacent to an activating group) is 1. The van der Waals surface area contributed by atoms with Gasteiger partial charge in [0.2, 0.25) is 0 Å². The topological polar surface area (TPSA) is 29.5 Å². The summed E-state index contributed by atoms with van der Waals surface area (Å²) in [5.41, 5.74) is 1.86. The summed E-state index contributed by atoms with van der Waals surface area (Å²) in [6.07, 6.45) is 0.996. The van der Waals surface area contributed by atoms with Crippen LogP contribution in [0.25, 0.3) is 0 Å². The Morgan fingerprint density at radius 3 is 2.38 bits per heavy atom. The van der Waals surface area contributed by atoms with Crippen LogP contribution in [-0.2, 0) is 11.2 Å². The molecule has 0 bridgehead atoms. The van der Waals surface area contributed by atoms with Crippen molar-refractivity contribution in [2.45, 2.75) is 13.3 Å². The molecule has 0 spiro atoms. The first kappa shape index (κ1) is 12.7. The van der Waals surface area contributed by atoms with Gasteiger partial charge in [-0.05, 0) is 45.1 Å². The summed E-state index contributed by atoms with van der Waals surface area (Å²) >= 11 is 0. The standard InChI is InChI=1S/C13H19NO2/c1-4-16-13(15)12-7-5-11(6-8-12)9-10-14(2)3/h5-8H,4,9-10H2,1-3H3. The minimum Gasteiger partial charge on any atom is -0.462 e. The monoisotopic (exact) mass is 221 g/mol. The molecule has 0 aromatic heterocycles. The molecule has 3 heteroatoms. The molecule has 0 saturated heterocycles. The van der Waals surface area contributed by atoms with Crippen LogP contribution in [0.2, 0.25) is 0 Å². The van der Waals surface area contributed by atoms with Crippen molar-refractivity contribution in [2.24, 2.45) is 0 Å². The number of carbonyl (C=O) groups excluding carboxylic acids is 1. The number of benzene rings is 1. The summed E-state index contributed by atoms with van der Waals surface area (Å²) in [7, 11) is 4.10. The first-order chi connectivity index (χ1) is 7.63. The van der Waals surface area contributed by atoms with Crippen molar-refractivity contribution in [1.29, 1.82) is 0 Å². The van der Waals surface area contributed by atoms with Gasteiger partial charge in [0, 0.05) is 6.54 Å². The molecule has 0 N–H and O–H groups in total. The van der Waals surface area contributed by atoms with E-state index in [0.29, 0.717) is 12.2 Å². The van der Waals surface area contributed by atoms with Crippen molar-refractivity contribution in [1.82, 2.24) is 4.90 Å². The first-order valence-corrected chi connectivity index (χ1v) is 5.54. The van der Waals surface area contributed by atoms with Crippen molar-refractivity contribution in [3.05, 3.63) is 35.4 Å². The van der Waals surface area contributed by atoms with Gasteiger partial charge in [0.25, 0.3) is 0 Å². The van der Waals surface area contributed by atoms with E-state index in [-0.39, 0.29) is 5.97 Å². The predicted molar refractivity (Wildman–Crippen MR) is 64.7 cm³/mol. The molecule has 0 aliphatic heterocycles. The Kier molecular flexibility index (Phi) is 4.99. The minimum absolute atomic E-state index is 0.248. The highest BCUT2D eigenvalue weighted by Gasteiger charge is 2.05. The van der Waals surface area contributed by atoms with Gasteiger partial charge >= 0.3 is 5.97 Å². The Hall–Kier alpha value is -1.35. The molecular weight excluding hydrogens is 202 g/mol. The highest BCUT2D eigenvalue weighted by molar-refractivity contribution is 5.89. The second-order valence-electron chi connectivity index (χ2n) is 3.97. The van der Waals surface area contributed by atoms with Crippen LogP contribution in [0.15, 0.2) is 24.3 Å². The maximum absolute atomic E-state index is 11.4. The normalized spacial score (nSPS) is 10.5. The summed E-state index contributed by atoms with van der Waals surface area (Å²) in [4.78, 5) is 13.5. The van der Waals surface area contributed by atoms with Crippen LogP contribution < -0.4 is 0 Å². The fraction of sp³-hybridized carbons (Fsp3) is 0.462. The smallest absolute Gasteiger partial charge is 0.338 e. The number of carbonyl (C=O) groups is 1. The molecule has 0 atom stereocenters. The van der Waals surface area contributed by atoms with Crippen LogP contribution >= 0.6 is 0 Å². The largest absolute Gasteiger partial charge is 0.462 e. The van der Waals surface area contributed by atoms with E-state index in [1.807, 2.05) is 45.3 Å². The molecule has 0 radical (unpaired) electrons. The maximum Gasteiger partial charge on any atom is 0.338 e. The molecule has 16 heavy (non-hydrogen) atoms. The minimum atomic E-state index is -0.248. The zero-order valence-electron chi connectivity index (χ0n) is 10.2. The predicted octanol–water partition coefficient (Wildman–Crippen LogP) is 1.97. The van der Waals surface area contributed by atoms with E-state index in [1.54, 1.807) is 0 Å². The SMILES string of the molecule is CCOC(=O)c1ccc(CCN(C)C)cc1. The first-order valence-electron chi connectivity index (χ1n) is 5.54. The van der Waals surface area contributed by atoms with Crippen molar-refractivity contribution in [2.75, 3.05) is 27.2 Å². The molecule has 0 heterocycles. The molecular formula is C13H19NO2. The lowest BCUT2D eigenvalue weighted by Gasteiger charge is -2.09. The lowest BCUT2D eigenvalue weighted by molar-refractivity contribution is 0.0526. The highest BCUT2D eigenvalue weighted by Crippen LogP contribution is 2.07. The molecule has 88 valence electrons. The van der Waals surface area contributed by atoms with E-state index >= 15 is 0 Å². The van der Waals surface area contributed by atoms with Gasteiger partial charge < -0.3 is 9.64 Å². The third-order valence-corrected chi connectivity index (χ3v) is 2.31. The molecule has 0 aliphatic rings. The second-order valence-corrected chi connectivity index (χ2v) is 3.97. The number of nitrogens with zero attached hydrogens (tertiary/aromatic N) is 1. The van der Waals surface area contributed by atoms with E-state index in [0.717, 1.165) is 13.0 Å².